The number of hydrogen-bond donors (Lipinski definition) is 5. The van der Waals surface area contributed by atoms with Gasteiger partial charge < -0.3 is 44.2 Å². The number of aryl methyl sites for hydroxylation is 1. The van der Waals surface area contributed by atoms with Crippen molar-refractivity contribution in [1.29, 1.82) is 0 Å². The van der Waals surface area contributed by atoms with Crippen molar-refractivity contribution in [2.45, 2.75) is 90.5 Å². The minimum atomic E-state index is -1.12. The SMILES string of the molecule is C=C(C)C1COc2c(C)cc3oc4c(CC(O)C(C)(C)OCc5c(C=CC(O)C(O)CCC)cccc5OC)ccc(O)c4c(=O)c3c2C1O. The van der Waals surface area contributed by atoms with Crippen molar-refractivity contribution in [2.75, 3.05) is 13.7 Å². The highest BCUT2D eigenvalue weighted by atomic mass is 16.5. The Kier molecular flexibility index (Phi) is 11.1. The topological polar surface area (TPSA) is 159 Å². The van der Waals surface area contributed by atoms with Gasteiger partial charge in [0.05, 0.1) is 55.7 Å². The molecule has 0 amide bonds. The van der Waals surface area contributed by atoms with Crippen LogP contribution in [-0.2, 0) is 17.8 Å². The lowest BCUT2D eigenvalue weighted by Gasteiger charge is -2.32. The number of phenolic OH excluding ortho intramolecular Hbond substituents is 1. The fourth-order valence-electron chi connectivity index (χ4n) is 6.50. The first-order chi connectivity index (χ1) is 23.7. The summed E-state index contributed by atoms with van der Waals surface area (Å²) in [5.74, 6) is 0.262. The molecule has 3 aromatic carbocycles. The zero-order chi connectivity index (χ0) is 36.5. The second-order valence-electron chi connectivity index (χ2n) is 13.7. The van der Waals surface area contributed by atoms with Crippen LogP contribution in [0.25, 0.3) is 28.0 Å². The highest BCUT2D eigenvalue weighted by Gasteiger charge is 2.35. The molecule has 268 valence electrons. The van der Waals surface area contributed by atoms with E-state index in [1.807, 2.05) is 26.0 Å². The van der Waals surface area contributed by atoms with Crippen LogP contribution >= 0.6 is 0 Å². The molecule has 0 saturated heterocycles. The van der Waals surface area contributed by atoms with E-state index < -0.39 is 41.4 Å². The molecule has 1 aliphatic heterocycles. The summed E-state index contributed by atoms with van der Waals surface area (Å²) in [4.78, 5) is 14.1. The van der Waals surface area contributed by atoms with E-state index >= 15 is 0 Å². The molecule has 10 nitrogen and oxygen atoms in total. The normalized spacial score (nSPS) is 18.2. The Morgan fingerprint density at radius 2 is 1.90 bits per heavy atom. The Balaban J connectivity index is 1.46. The first kappa shape index (κ1) is 37.1. The Bertz CT molecular complexity index is 1970. The Morgan fingerprint density at radius 3 is 2.58 bits per heavy atom. The molecule has 0 radical (unpaired) electrons. The molecule has 5 atom stereocenters. The van der Waals surface area contributed by atoms with Crippen LogP contribution in [0, 0.1) is 12.8 Å². The van der Waals surface area contributed by atoms with Crippen molar-refractivity contribution in [2.24, 2.45) is 5.92 Å². The van der Waals surface area contributed by atoms with Gasteiger partial charge in [-0.05, 0) is 69.0 Å². The first-order valence-corrected chi connectivity index (χ1v) is 16.9. The summed E-state index contributed by atoms with van der Waals surface area (Å²) in [7, 11) is 1.55. The van der Waals surface area contributed by atoms with E-state index in [-0.39, 0.29) is 47.3 Å². The van der Waals surface area contributed by atoms with Gasteiger partial charge in [0.25, 0.3) is 0 Å². The summed E-state index contributed by atoms with van der Waals surface area (Å²) in [6.45, 7) is 13.3. The number of methoxy groups -OCH3 is 1. The monoisotopic (exact) mass is 688 g/mol. The summed E-state index contributed by atoms with van der Waals surface area (Å²) in [5.41, 5.74) is 2.32. The van der Waals surface area contributed by atoms with Gasteiger partial charge in [-0.15, -0.1) is 0 Å². The molecule has 0 spiro atoms. The Labute approximate surface area is 291 Å². The van der Waals surface area contributed by atoms with E-state index in [2.05, 4.69) is 6.58 Å². The van der Waals surface area contributed by atoms with Crippen LogP contribution in [0.4, 0.5) is 0 Å². The van der Waals surface area contributed by atoms with Crippen molar-refractivity contribution in [3.05, 3.63) is 92.7 Å². The van der Waals surface area contributed by atoms with Crippen molar-refractivity contribution in [1.82, 2.24) is 0 Å². The Morgan fingerprint density at radius 1 is 1.16 bits per heavy atom. The van der Waals surface area contributed by atoms with Crippen LogP contribution in [0.15, 0.2) is 63.8 Å². The molecule has 0 fully saturated rings. The van der Waals surface area contributed by atoms with Crippen LogP contribution < -0.4 is 14.9 Å². The Hall–Kier alpha value is -4.19. The van der Waals surface area contributed by atoms with Crippen molar-refractivity contribution < 1.29 is 44.2 Å². The van der Waals surface area contributed by atoms with Crippen LogP contribution in [0.5, 0.6) is 17.2 Å². The van der Waals surface area contributed by atoms with Crippen LogP contribution in [0.3, 0.4) is 0 Å². The number of ether oxygens (including phenoxy) is 3. The number of phenols is 1. The predicted octanol–water partition coefficient (Wildman–Crippen LogP) is 6.02. The zero-order valence-corrected chi connectivity index (χ0v) is 29.5. The molecule has 50 heavy (non-hydrogen) atoms. The number of aliphatic hydroxyl groups is 4. The molecule has 5 N–H and O–H groups in total. The number of rotatable bonds is 13. The molecule has 4 aromatic rings. The minimum absolute atomic E-state index is 0.0197. The maximum Gasteiger partial charge on any atom is 0.204 e. The van der Waals surface area contributed by atoms with Crippen molar-refractivity contribution in [3.8, 4) is 17.2 Å². The lowest BCUT2D eigenvalue weighted by molar-refractivity contribution is -0.108. The molecule has 2 heterocycles. The lowest BCUT2D eigenvalue weighted by atomic mass is 9.85. The fraction of sp³-hybridized carbons (Fsp3) is 0.425. The average Bonchev–Trinajstić information content (AvgIpc) is 3.07. The number of fused-ring (bicyclic) bond motifs is 4. The predicted molar refractivity (Wildman–Crippen MR) is 193 cm³/mol. The van der Waals surface area contributed by atoms with Crippen LogP contribution in [-0.4, -0.2) is 63.2 Å². The van der Waals surface area contributed by atoms with E-state index in [0.717, 1.165) is 12.0 Å². The van der Waals surface area contributed by atoms with Gasteiger partial charge in [-0.2, -0.15) is 0 Å². The second kappa shape index (κ2) is 15.0. The molecule has 5 unspecified atom stereocenters. The zero-order valence-electron chi connectivity index (χ0n) is 29.5. The fourth-order valence-corrected chi connectivity index (χ4v) is 6.50. The van der Waals surface area contributed by atoms with Gasteiger partial charge in [-0.25, -0.2) is 0 Å². The molecule has 0 bridgehead atoms. The maximum atomic E-state index is 14.1. The van der Waals surface area contributed by atoms with Gasteiger partial charge in [0.15, 0.2) is 0 Å². The minimum Gasteiger partial charge on any atom is -0.507 e. The molecular formula is C40H48O10. The van der Waals surface area contributed by atoms with E-state index in [9.17, 15) is 30.3 Å². The summed E-state index contributed by atoms with van der Waals surface area (Å²) in [6.07, 6.45) is 0.421. The van der Waals surface area contributed by atoms with Gasteiger partial charge in [-0.1, -0.05) is 55.8 Å². The highest BCUT2D eigenvalue weighted by molar-refractivity contribution is 5.97. The van der Waals surface area contributed by atoms with Crippen molar-refractivity contribution >= 4 is 28.0 Å². The molecule has 1 aliphatic rings. The smallest absolute Gasteiger partial charge is 0.204 e. The lowest BCUT2D eigenvalue weighted by Crippen LogP contribution is -2.40. The molecule has 5 rings (SSSR count). The largest absolute Gasteiger partial charge is 0.507 e. The summed E-state index contributed by atoms with van der Waals surface area (Å²) in [6, 6.07) is 10.1. The van der Waals surface area contributed by atoms with Gasteiger partial charge in [0, 0.05) is 23.5 Å². The van der Waals surface area contributed by atoms with E-state index in [0.29, 0.717) is 45.7 Å². The third-order valence-corrected chi connectivity index (χ3v) is 9.71. The molecule has 0 aliphatic carbocycles. The van der Waals surface area contributed by atoms with E-state index in [4.69, 9.17) is 18.6 Å². The number of aliphatic hydroxyl groups excluding tert-OH is 4. The summed E-state index contributed by atoms with van der Waals surface area (Å²) >= 11 is 0. The van der Waals surface area contributed by atoms with Gasteiger partial charge in [-0.3, -0.25) is 4.79 Å². The van der Waals surface area contributed by atoms with Crippen LogP contribution in [0.2, 0.25) is 0 Å². The molecular weight excluding hydrogens is 640 g/mol. The standard InChI is InChI=1S/C40H48O10/c1-8-10-27(41)28(42)15-13-23-11-9-12-30(47-7)26(23)20-49-40(5,6)32(44)18-24-14-16-29(43)33-37(46)34-31(50-39(24)33)17-22(4)38-35(34)36(45)25(19-48-38)21(2)3/h9,11-17,25,27-28,32,36,41-45H,2,8,10,18-20H2,1,3-7H3. The van der Waals surface area contributed by atoms with Gasteiger partial charge in [0.1, 0.15) is 33.8 Å². The third kappa shape index (κ3) is 7.17. The molecule has 10 heteroatoms. The molecule has 0 saturated carbocycles. The summed E-state index contributed by atoms with van der Waals surface area (Å²) in [5, 5.41) is 54.4. The number of benzene rings is 3. The van der Waals surface area contributed by atoms with Gasteiger partial charge >= 0.3 is 0 Å². The molecule has 1 aromatic heterocycles. The first-order valence-electron chi connectivity index (χ1n) is 16.9. The quantitative estimate of drug-likeness (QED) is 0.0831. The van der Waals surface area contributed by atoms with Crippen LogP contribution in [0.1, 0.15) is 74.5 Å². The maximum absolute atomic E-state index is 14.1. The second-order valence-corrected chi connectivity index (χ2v) is 13.7. The number of aromatic hydroxyl groups is 1. The average molecular weight is 689 g/mol. The van der Waals surface area contributed by atoms with E-state index in [1.54, 1.807) is 52.2 Å². The van der Waals surface area contributed by atoms with Crippen molar-refractivity contribution in [3.63, 3.8) is 0 Å². The number of hydrogen-bond acceptors (Lipinski definition) is 10. The van der Waals surface area contributed by atoms with Gasteiger partial charge in [0.2, 0.25) is 5.43 Å². The third-order valence-electron chi connectivity index (χ3n) is 9.71. The highest BCUT2D eigenvalue weighted by Crippen LogP contribution is 2.44. The van der Waals surface area contributed by atoms with E-state index in [1.165, 1.54) is 12.1 Å². The summed E-state index contributed by atoms with van der Waals surface area (Å²) < 4.78 is 24.2.